The average molecular weight is 146 g/mol. The van der Waals surface area contributed by atoms with Crippen LogP contribution in [-0.2, 0) is 14.2 Å². The summed E-state index contributed by atoms with van der Waals surface area (Å²) < 4.78 is 15.4. The molecule has 1 heterocycles. The maximum atomic E-state index is 5.40. The molecule has 1 fully saturated rings. The molecule has 1 unspecified atom stereocenters. The van der Waals surface area contributed by atoms with Crippen LogP contribution in [0, 0.1) is 0 Å². The predicted molar refractivity (Wildman–Crippen MR) is 36.8 cm³/mol. The fraction of sp³-hybridized carbons (Fsp3) is 1.00. The van der Waals surface area contributed by atoms with Crippen LogP contribution in [0.2, 0.25) is 0 Å². The largest absolute Gasteiger partial charge is 0.382 e. The van der Waals surface area contributed by atoms with Gasteiger partial charge >= 0.3 is 0 Å². The lowest BCUT2D eigenvalue weighted by atomic mass is 10.2. The summed E-state index contributed by atoms with van der Waals surface area (Å²) in [5.41, 5.74) is 0. The van der Waals surface area contributed by atoms with Gasteiger partial charge in [0.05, 0.1) is 12.7 Å². The Labute approximate surface area is 61.3 Å². The summed E-state index contributed by atoms with van der Waals surface area (Å²) in [6.45, 7) is 0.680. The van der Waals surface area contributed by atoms with Gasteiger partial charge in [0.1, 0.15) is 0 Å². The zero-order valence-corrected chi connectivity index (χ0v) is 6.50. The first-order valence-electron chi connectivity index (χ1n) is 3.54. The van der Waals surface area contributed by atoms with Crippen molar-refractivity contribution in [1.82, 2.24) is 0 Å². The molecule has 1 rings (SSSR count). The first-order chi connectivity index (χ1) is 4.86. The highest BCUT2D eigenvalue weighted by Crippen LogP contribution is 2.19. The quantitative estimate of drug-likeness (QED) is 0.589. The van der Waals surface area contributed by atoms with Crippen LogP contribution in [0.1, 0.15) is 12.8 Å². The minimum absolute atomic E-state index is 0.000139. The Morgan fingerprint density at radius 3 is 2.70 bits per heavy atom. The highest BCUT2D eigenvalue weighted by Gasteiger charge is 2.24. The van der Waals surface area contributed by atoms with Gasteiger partial charge < -0.3 is 14.2 Å². The second kappa shape index (κ2) is 3.91. The first-order valence-corrected chi connectivity index (χ1v) is 3.54. The Morgan fingerprint density at radius 1 is 1.40 bits per heavy atom. The molecule has 60 valence electrons. The summed E-state index contributed by atoms with van der Waals surface area (Å²) in [6, 6.07) is 0. The molecule has 0 aliphatic carbocycles. The SMILES string of the molecule is COC[C@@H]1CCC(OC)O1. The van der Waals surface area contributed by atoms with Crippen molar-refractivity contribution in [3.8, 4) is 0 Å². The normalized spacial score (nSPS) is 33.0. The van der Waals surface area contributed by atoms with Gasteiger partial charge in [0, 0.05) is 20.6 Å². The highest BCUT2D eigenvalue weighted by atomic mass is 16.7. The lowest BCUT2D eigenvalue weighted by molar-refractivity contribution is -0.125. The first kappa shape index (κ1) is 7.98. The summed E-state index contributed by atoms with van der Waals surface area (Å²) in [7, 11) is 3.35. The summed E-state index contributed by atoms with van der Waals surface area (Å²) >= 11 is 0. The Balaban J connectivity index is 2.15. The molecule has 1 aliphatic rings. The van der Waals surface area contributed by atoms with Gasteiger partial charge in [0.15, 0.2) is 6.29 Å². The van der Waals surface area contributed by atoms with Crippen molar-refractivity contribution >= 4 is 0 Å². The van der Waals surface area contributed by atoms with Crippen molar-refractivity contribution in [2.24, 2.45) is 0 Å². The molecular weight excluding hydrogens is 132 g/mol. The fourth-order valence-corrected chi connectivity index (χ4v) is 1.15. The smallest absolute Gasteiger partial charge is 0.157 e. The van der Waals surface area contributed by atoms with Crippen molar-refractivity contribution in [1.29, 1.82) is 0 Å². The molecule has 3 nitrogen and oxygen atoms in total. The topological polar surface area (TPSA) is 27.7 Å². The van der Waals surface area contributed by atoms with Gasteiger partial charge in [-0.05, 0) is 6.42 Å². The van der Waals surface area contributed by atoms with Crippen LogP contribution in [0.25, 0.3) is 0 Å². The molecule has 0 spiro atoms. The van der Waals surface area contributed by atoms with Crippen LogP contribution in [0.15, 0.2) is 0 Å². The van der Waals surface area contributed by atoms with Gasteiger partial charge in [-0.2, -0.15) is 0 Å². The highest BCUT2D eigenvalue weighted by molar-refractivity contribution is 4.66. The molecular formula is C7H14O3. The van der Waals surface area contributed by atoms with E-state index in [0.717, 1.165) is 12.8 Å². The molecule has 2 atom stereocenters. The molecule has 0 aromatic rings. The summed E-state index contributed by atoms with van der Waals surface area (Å²) in [5.74, 6) is 0. The van der Waals surface area contributed by atoms with Crippen LogP contribution in [0.5, 0.6) is 0 Å². The zero-order chi connectivity index (χ0) is 7.40. The van der Waals surface area contributed by atoms with Crippen LogP contribution in [0.3, 0.4) is 0 Å². The van der Waals surface area contributed by atoms with Crippen molar-refractivity contribution < 1.29 is 14.2 Å². The third kappa shape index (κ3) is 1.94. The van der Waals surface area contributed by atoms with E-state index in [2.05, 4.69) is 0 Å². The molecule has 1 saturated heterocycles. The second-order valence-electron chi connectivity index (χ2n) is 2.46. The molecule has 0 saturated carbocycles. The molecule has 0 radical (unpaired) electrons. The number of ether oxygens (including phenoxy) is 3. The standard InChI is InChI=1S/C7H14O3/c1-8-5-6-3-4-7(9-2)10-6/h6-7H,3-5H2,1-2H3/t6-,7?/m0/s1. The number of rotatable bonds is 3. The van der Waals surface area contributed by atoms with Crippen molar-refractivity contribution in [2.75, 3.05) is 20.8 Å². The van der Waals surface area contributed by atoms with Crippen molar-refractivity contribution in [3.63, 3.8) is 0 Å². The number of methoxy groups -OCH3 is 2. The van der Waals surface area contributed by atoms with Crippen LogP contribution in [-0.4, -0.2) is 33.2 Å². The Kier molecular flexibility index (Phi) is 3.12. The summed E-state index contributed by atoms with van der Waals surface area (Å²) in [4.78, 5) is 0. The van der Waals surface area contributed by atoms with Gasteiger partial charge in [-0.15, -0.1) is 0 Å². The minimum Gasteiger partial charge on any atom is -0.382 e. The zero-order valence-electron chi connectivity index (χ0n) is 6.50. The number of hydrogen-bond acceptors (Lipinski definition) is 3. The van der Waals surface area contributed by atoms with E-state index in [1.807, 2.05) is 0 Å². The second-order valence-corrected chi connectivity index (χ2v) is 2.46. The molecule has 10 heavy (non-hydrogen) atoms. The number of hydrogen-bond donors (Lipinski definition) is 0. The third-order valence-electron chi connectivity index (χ3n) is 1.68. The molecule has 0 amide bonds. The van der Waals surface area contributed by atoms with E-state index in [9.17, 15) is 0 Å². The third-order valence-corrected chi connectivity index (χ3v) is 1.68. The van der Waals surface area contributed by atoms with E-state index >= 15 is 0 Å². The fourth-order valence-electron chi connectivity index (χ4n) is 1.15. The molecule has 0 aromatic heterocycles. The predicted octanol–water partition coefficient (Wildman–Crippen LogP) is 0.784. The Hall–Kier alpha value is -0.120. The van der Waals surface area contributed by atoms with Crippen molar-refractivity contribution in [2.45, 2.75) is 25.2 Å². The lowest BCUT2D eigenvalue weighted by Crippen LogP contribution is -2.16. The van der Waals surface area contributed by atoms with E-state index in [-0.39, 0.29) is 12.4 Å². The van der Waals surface area contributed by atoms with Gasteiger partial charge in [-0.1, -0.05) is 0 Å². The van der Waals surface area contributed by atoms with E-state index in [1.165, 1.54) is 0 Å². The monoisotopic (exact) mass is 146 g/mol. The maximum absolute atomic E-state index is 5.40. The van der Waals surface area contributed by atoms with E-state index < -0.39 is 0 Å². The van der Waals surface area contributed by atoms with E-state index in [4.69, 9.17) is 14.2 Å². The minimum atomic E-state index is 0.000139. The maximum Gasteiger partial charge on any atom is 0.157 e. The molecule has 0 aromatic carbocycles. The van der Waals surface area contributed by atoms with Gasteiger partial charge in [0.2, 0.25) is 0 Å². The summed E-state index contributed by atoms with van der Waals surface area (Å²) in [5, 5.41) is 0. The molecule has 3 heteroatoms. The molecule has 0 N–H and O–H groups in total. The van der Waals surface area contributed by atoms with Crippen LogP contribution < -0.4 is 0 Å². The average Bonchev–Trinajstić information content (AvgIpc) is 2.37. The van der Waals surface area contributed by atoms with Crippen molar-refractivity contribution in [3.05, 3.63) is 0 Å². The molecule has 1 aliphatic heterocycles. The van der Waals surface area contributed by atoms with E-state index in [0.29, 0.717) is 6.61 Å². The Morgan fingerprint density at radius 2 is 2.20 bits per heavy atom. The lowest BCUT2D eigenvalue weighted by Gasteiger charge is -2.10. The van der Waals surface area contributed by atoms with Crippen LogP contribution in [0.4, 0.5) is 0 Å². The van der Waals surface area contributed by atoms with Gasteiger partial charge in [-0.3, -0.25) is 0 Å². The van der Waals surface area contributed by atoms with Gasteiger partial charge in [0.25, 0.3) is 0 Å². The Bertz CT molecular complexity index is 94.9. The van der Waals surface area contributed by atoms with E-state index in [1.54, 1.807) is 14.2 Å². The summed E-state index contributed by atoms with van der Waals surface area (Å²) in [6.07, 6.45) is 2.28. The molecule has 0 bridgehead atoms. The van der Waals surface area contributed by atoms with Gasteiger partial charge in [-0.25, -0.2) is 0 Å². The van der Waals surface area contributed by atoms with Crippen LogP contribution >= 0.6 is 0 Å².